The van der Waals surface area contributed by atoms with Crippen LogP contribution in [0.5, 0.6) is 0 Å². The van der Waals surface area contributed by atoms with Gasteiger partial charge in [-0.2, -0.15) is 4.98 Å². The second-order valence-corrected chi connectivity index (χ2v) is 5.41. The van der Waals surface area contributed by atoms with E-state index in [1.54, 1.807) is 20.4 Å². The molecule has 0 unspecified atom stereocenters. The van der Waals surface area contributed by atoms with Crippen LogP contribution in [0.3, 0.4) is 0 Å². The highest BCUT2D eigenvalue weighted by molar-refractivity contribution is 5.54. The Kier molecular flexibility index (Phi) is 4.65. The molecule has 0 saturated carbocycles. The number of ether oxygens (including phenoxy) is 2. The molecular weight excluding hydrogens is 284 g/mol. The molecule has 1 atom stereocenters. The topological polar surface area (TPSA) is 73.5 Å². The third-order valence-corrected chi connectivity index (χ3v) is 3.75. The normalized spacial score (nSPS) is 18.1. The Labute approximate surface area is 129 Å². The van der Waals surface area contributed by atoms with Crippen molar-refractivity contribution < 1.29 is 14.0 Å². The van der Waals surface area contributed by atoms with Crippen LogP contribution in [0.4, 0.5) is 5.82 Å². The zero-order chi connectivity index (χ0) is 15.4. The molecule has 1 aliphatic rings. The maximum absolute atomic E-state index is 5.22. The molecule has 0 radical (unpaired) electrons. The van der Waals surface area contributed by atoms with Crippen molar-refractivity contribution in [2.75, 3.05) is 38.8 Å². The standard InChI is InChI=1S/C15H20N4O3/c1-20-9-11-5-6-19(8-11)14-4-3-12(7-16-14)15-17-13(10-21-2)18-22-15/h3-4,7,11H,5-6,8-10H2,1-2H3/t11-/m0/s1. The highest BCUT2D eigenvalue weighted by Gasteiger charge is 2.23. The van der Waals surface area contributed by atoms with E-state index in [0.717, 1.165) is 37.5 Å². The van der Waals surface area contributed by atoms with E-state index in [1.807, 2.05) is 12.1 Å². The van der Waals surface area contributed by atoms with Gasteiger partial charge in [-0.15, -0.1) is 0 Å². The summed E-state index contributed by atoms with van der Waals surface area (Å²) in [5, 5.41) is 3.85. The van der Waals surface area contributed by atoms with Gasteiger partial charge in [0.05, 0.1) is 12.2 Å². The van der Waals surface area contributed by atoms with E-state index in [1.165, 1.54) is 0 Å². The minimum absolute atomic E-state index is 0.337. The van der Waals surface area contributed by atoms with Gasteiger partial charge in [0, 0.05) is 39.4 Å². The number of nitrogens with zero attached hydrogens (tertiary/aromatic N) is 4. The Morgan fingerprint density at radius 1 is 1.32 bits per heavy atom. The quantitative estimate of drug-likeness (QED) is 0.805. The van der Waals surface area contributed by atoms with Crippen molar-refractivity contribution in [2.24, 2.45) is 5.92 Å². The van der Waals surface area contributed by atoms with E-state index in [-0.39, 0.29) is 0 Å². The van der Waals surface area contributed by atoms with Crippen LogP contribution in [0.2, 0.25) is 0 Å². The summed E-state index contributed by atoms with van der Waals surface area (Å²) >= 11 is 0. The summed E-state index contributed by atoms with van der Waals surface area (Å²) in [5.74, 6) is 2.55. The first kappa shape index (κ1) is 14.9. The lowest BCUT2D eigenvalue weighted by atomic mass is 10.1. The second kappa shape index (κ2) is 6.85. The minimum Gasteiger partial charge on any atom is -0.384 e. The van der Waals surface area contributed by atoms with Crippen LogP contribution in [0, 0.1) is 5.92 Å². The van der Waals surface area contributed by atoms with Gasteiger partial charge in [-0.25, -0.2) is 4.98 Å². The molecule has 0 N–H and O–H groups in total. The Balaban J connectivity index is 1.67. The molecule has 2 aromatic heterocycles. The summed E-state index contributed by atoms with van der Waals surface area (Å²) in [4.78, 5) is 11.0. The van der Waals surface area contributed by atoms with E-state index in [9.17, 15) is 0 Å². The third-order valence-electron chi connectivity index (χ3n) is 3.75. The molecule has 2 aromatic rings. The molecule has 3 heterocycles. The number of anilines is 1. The van der Waals surface area contributed by atoms with Gasteiger partial charge < -0.3 is 18.9 Å². The van der Waals surface area contributed by atoms with Crippen molar-refractivity contribution in [3.8, 4) is 11.5 Å². The molecule has 0 spiro atoms. The summed E-state index contributed by atoms with van der Waals surface area (Å²) in [6.45, 7) is 3.14. The zero-order valence-corrected chi connectivity index (χ0v) is 12.9. The fourth-order valence-electron chi connectivity index (χ4n) is 2.67. The summed E-state index contributed by atoms with van der Waals surface area (Å²) < 4.78 is 15.4. The van der Waals surface area contributed by atoms with Gasteiger partial charge in [0.1, 0.15) is 12.4 Å². The van der Waals surface area contributed by atoms with Gasteiger partial charge in [0.15, 0.2) is 5.82 Å². The van der Waals surface area contributed by atoms with Gasteiger partial charge in [-0.05, 0) is 18.6 Å². The van der Waals surface area contributed by atoms with E-state index in [2.05, 4.69) is 20.0 Å². The van der Waals surface area contributed by atoms with Crippen LogP contribution in [0.25, 0.3) is 11.5 Å². The maximum Gasteiger partial charge on any atom is 0.259 e. The van der Waals surface area contributed by atoms with Crippen molar-refractivity contribution in [1.82, 2.24) is 15.1 Å². The monoisotopic (exact) mass is 304 g/mol. The first-order chi connectivity index (χ1) is 10.8. The molecule has 0 amide bonds. The maximum atomic E-state index is 5.22. The molecule has 22 heavy (non-hydrogen) atoms. The predicted molar refractivity (Wildman–Crippen MR) is 80.4 cm³/mol. The van der Waals surface area contributed by atoms with Crippen LogP contribution < -0.4 is 4.90 Å². The number of hydrogen-bond donors (Lipinski definition) is 0. The summed E-state index contributed by atoms with van der Waals surface area (Å²) in [6.07, 6.45) is 2.91. The van der Waals surface area contributed by atoms with Crippen molar-refractivity contribution in [3.05, 3.63) is 24.2 Å². The molecule has 0 bridgehead atoms. The number of hydrogen-bond acceptors (Lipinski definition) is 7. The van der Waals surface area contributed by atoms with Gasteiger partial charge in [0.2, 0.25) is 0 Å². The zero-order valence-electron chi connectivity index (χ0n) is 12.9. The molecule has 118 valence electrons. The second-order valence-electron chi connectivity index (χ2n) is 5.41. The van der Waals surface area contributed by atoms with Gasteiger partial charge in [0.25, 0.3) is 5.89 Å². The van der Waals surface area contributed by atoms with Crippen molar-refractivity contribution in [3.63, 3.8) is 0 Å². The summed E-state index contributed by atoms with van der Waals surface area (Å²) in [5.41, 5.74) is 0.811. The lowest BCUT2D eigenvalue weighted by molar-refractivity contribution is 0.161. The number of methoxy groups -OCH3 is 2. The van der Waals surface area contributed by atoms with Crippen LogP contribution >= 0.6 is 0 Å². The lowest BCUT2D eigenvalue weighted by Crippen LogP contribution is -2.21. The Bertz CT molecular complexity index is 599. The highest BCUT2D eigenvalue weighted by Crippen LogP contribution is 2.24. The molecule has 3 rings (SSSR count). The van der Waals surface area contributed by atoms with Crippen LogP contribution in [0.15, 0.2) is 22.9 Å². The van der Waals surface area contributed by atoms with Crippen molar-refractivity contribution in [1.29, 1.82) is 0 Å². The van der Waals surface area contributed by atoms with E-state index < -0.39 is 0 Å². The molecule has 1 fully saturated rings. The minimum atomic E-state index is 0.337. The molecule has 7 heteroatoms. The van der Waals surface area contributed by atoms with Gasteiger partial charge in [-0.3, -0.25) is 0 Å². The fourth-order valence-corrected chi connectivity index (χ4v) is 2.67. The number of rotatable bonds is 6. The lowest BCUT2D eigenvalue weighted by Gasteiger charge is -2.17. The largest absolute Gasteiger partial charge is 0.384 e. The molecule has 0 aliphatic carbocycles. The van der Waals surface area contributed by atoms with E-state index in [4.69, 9.17) is 14.0 Å². The van der Waals surface area contributed by atoms with E-state index in [0.29, 0.717) is 24.2 Å². The molecule has 1 aliphatic heterocycles. The Morgan fingerprint density at radius 3 is 2.95 bits per heavy atom. The van der Waals surface area contributed by atoms with Crippen LogP contribution in [-0.2, 0) is 16.1 Å². The van der Waals surface area contributed by atoms with Gasteiger partial charge in [-0.1, -0.05) is 5.16 Å². The fraction of sp³-hybridized carbons (Fsp3) is 0.533. The van der Waals surface area contributed by atoms with Crippen molar-refractivity contribution in [2.45, 2.75) is 13.0 Å². The van der Waals surface area contributed by atoms with Crippen LogP contribution in [0.1, 0.15) is 12.2 Å². The molecular formula is C15H20N4O3. The Hall–Kier alpha value is -1.99. The number of aromatic nitrogens is 3. The average molecular weight is 304 g/mol. The number of pyridine rings is 1. The smallest absolute Gasteiger partial charge is 0.259 e. The summed E-state index contributed by atoms with van der Waals surface area (Å²) in [6, 6.07) is 3.95. The molecule has 7 nitrogen and oxygen atoms in total. The Morgan fingerprint density at radius 2 is 2.23 bits per heavy atom. The van der Waals surface area contributed by atoms with E-state index >= 15 is 0 Å². The first-order valence-corrected chi connectivity index (χ1v) is 7.32. The first-order valence-electron chi connectivity index (χ1n) is 7.32. The van der Waals surface area contributed by atoms with Crippen molar-refractivity contribution >= 4 is 5.82 Å². The summed E-state index contributed by atoms with van der Waals surface area (Å²) in [7, 11) is 3.34. The van der Waals surface area contributed by atoms with Crippen LogP contribution in [-0.4, -0.2) is 49.0 Å². The molecule has 1 saturated heterocycles. The highest BCUT2D eigenvalue weighted by atomic mass is 16.5. The molecule has 0 aromatic carbocycles. The predicted octanol–water partition coefficient (Wildman–Crippen LogP) is 1.75. The SMILES string of the molecule is COCc1noc(-c2ccc(N3CC[C@H](COC)C3)nc2)n1. The third kappa shape index (κ3) is 3.26. The van der Waals surface area contributed by atoms with Gasteiger partial charge >= 0.3 is 0 Å². The average Bonchev–Trinajstić information content (AvgIpc) is 3.18.